The van der Waals surface area contributed by atoms with E-state index in [4.69, 9.17) is 0 Å². The SMILES string of the molecule is CC(C)CCC(=O)NC(C)(C)CCC(C)(C)NC(=O)CC(C)C. The number of hydrogen-bond acceptors (Lipinski definition) is 2. The molecule has 0 heterocycles. The van der Waals surface area contributed by atoms with Crippen molar-refractivity contribution in [3.63, 3.8) is 0 Å². The summed E-state index contributed by atoms with van der Waals surface area (Å²) in [4.78, 5) is 23.9. The van der Waals surface area contributed by atoms with Crippen LogP contribution in [0.3, 0.4) is 0 Å². The summed E-state index contributed by atoms with van der Waals surface area (Å²) >= 11 is 0. The van der Waals surface area contributed by atoms with Gasteiger partial charge in [0.15, 0.2) is 0 Å². The molecule has 23 heavy (non-hydrogen) atoms. The summed E-state index contributed by atoms with van der Waals surface area (Å²) in [6.07, 6.45) is 3.71. The second-order valence-corrected chi connectivity index (χ2v) is 8.89. The molecule has 0 aliphatic carbocycles. The largest absolute Gasteiger partial charge is 0.351 e. The van der Waals surface area contributed by atoms with Crippen LogP contribution in [0.2, 0.25) is 0 Å². The van der Waals surface area contributed by atoms with Gasteiger partial charge in [-0.3, -0.25) is 9.59 Å². The maximum Gasteiger partial charge on any atom is 0.220 e. The van der Waals surface area contributed by atoms with Crippen LogP contribution in [0.4, 0.5) is 0 Å². The van der Waals surface area contributed by atoms with Crippen molar-refractivity contribution in [2.75, 3.05) is 0 Å². The van der Waals surface area contributed by atoms with Gasteiger partial charge in [0.2, 0.25) is 11.8 Å². The molecule has 4 heteroatoms. The second-order valence-electron chi connectivity index (χ2n) is 8.89. The first-order chi connectivity index (χ1) is 10.3. The van der Waals surface area contributed by atoms with E-state index in [1.807, 2.05) is 41.5 Å². The zero-order valence-corrected chi connectivity index (χ0v) is 16.5. The molecule has 0 spiro atoms. The number of amides is 2. The summed E-state index contributed by atoms with van der Waals surface area (Å²) in [5.74, 6) is 1.12. The molecule has 0 aliphatic rings. The maximum absolute atomic E-state index is 12.0. The summed E-state index contributed by atoms with van der Waals surface area (Å²) in [6, 6.07) is 0. The van der Waals surface area contributed by atoms with Gasteiger partial charge in [-0.05, 0) is 58.8 Å². The fourth-order valence-corrected chi connectivity index (χ4v) is 2.41. The minimum absolute atomic E-state index is 0.101. The van der Waals surface area contributed by atoms with E-state index in [-0.39, 0.29) is 22.9 Å². The van der Waals surface area contributed by atoms with E-state index < -0.39 is 0 Å². The van der Waals surface area contributed by atoms with Crippen molar-refractivity contribution in [3.05, 3.63) is 0 Å². The highest BCUT2D eigenvalue weighted by atomic mass is 16.2. The van der Waals surface area contributed by atoms with Gasteiger partial charge in [0.05, 0.1) is 0 Å². The summed E-state index contributed by atoms with van der Waals surface area (Å²) in [7, 11) is 0. The van der Waals surface area contributed by atoms with Crippen molar-refractivity contribution >= 4 is 11.8 Å². The Labute approximate surface area is 143 Å². The van der Waals surface area contributed by atoms with E-state index >= 15 is 0 Å². The van der Waals surface area contributed by atoms with Crippen molar-refractivity contribution in [2.45, 2.75) is 98.6 Å². The number of nitrogens with one attached hydrogen (secondary N) is 2. The highest BCUT2D eigenvalue weighted by Crippen LogP contribution is 2.20. The number of carbonyl (C=O) groups is 2. The van der Waals surface area contributed by atoms with E-state index in [1.54, 1.807) is 0 Å². The van der Waals surface area contributed by atoms with E-state index in [1.165, 1.54) is 0 Å². The summed E-state index contributed by atoms with van der Waals surface area (Å²) in [6.45, 7) is 16.5. The third kappa shape index (κ3) is 12.1. The first-order valence-electron chi connectivity index (χ1n) is 8.95. The Morgan fingerprint density at radius 1 is 0.783 bits per heavy atom. The molecule has 0 bridgehead atoms. The smallest absolute Gasteiger partial charge is 0.220 e. The Morgan fingerprint density at radius 3 is 1.61 bits per heavy atom. The van der Waals surface area contributed by atoms with Gasteiger partial charge in [0, 0.05) is 23.9 Å². The fraction of sp³-hybridized carbons (Fsp3) is 0.895. The van der Waals surface area contributed by atoms with Crippen LogP contribution in [-0.2, 0) is 9.59 Å². The molecule has 0 aliphatic heterocycles. The van der Waals surface area contributed by atoms with Gasteiger partial charge in [0.25, 0.3) is 0 Å². The molecule has 0 aromatic carbocycles. The molecule has 0 unspecified atom stereocenters. The molecule has 136 valence electrons. The second kappa shape index (κ2) is 9.29. The number of carbonyl (C=O) groups excluding carboxylic acids is 2. The topological polar surface area (TPSA) is 58.2 Å². The maximum atomic E-state index is 12.0. The van der Waals surface area contributed by atoms with Crippen molar-refractivity contribution < 1.29 is 9.59 Å². The molecule has 0 saturated carbocycles. The monoisotopic (exact) mass is 326 g/mol. The molecule has 2 amide bonds. The Balaban J connectivity index is 4.33. The quantitative estimate of drug-likeness (QED) is 0.636. The Morgan fingerprint density at radius 2 is 1.22 bits per heavy atom. The summed E-state index contributed by atoms with van der Waals surface area (Å²) in [5, 5.41) is 6.22. The van der Waals surface area contributed by atoms with Gasteiger partial charge < -0.3 is 10.6 Å². The summed E-state index contributed by atoms with van der Waals surface area (Å²) in [5.41, 5.74) is -0.514. The third-order valence-electron chi connectivity index (χ3n) is 3.87. The Bertz CT molecular complexity index is 385. The van der Waals surface area contributed by atoms with Crippen LogP contribution in [0.15, 0.2) is 0 Å². The first kappa shape index (κ1) is 21.9. The summed E-state index contributed by atoms with van der Waals surface area (Å²) < 4.78 is 0. The van der Waals surface area contributed by atoms with E-state index in [2.05, 4.69) is 24.5 Å². The van der Waals surface area contributed by atoms with E-state index in [0.29, 0.717) is 24.7 Å². The molecule has 0 radical (unpaired) electrons. The average Bonchev–Trinajstić information content (AvgIpc) is 2.32. The predicted octanol–water partition coefficient (Wildman–Crippen LogP) is 4.04. The van der Waals surface area contributed by atoms with Crippen molar-refractivity contribution in [1.82, 2.24) is 10.6 Å². The van der Waals surface area contributed by atoms with Crippen molar-refractivity contribution in [1.29, 1.82) is 0 Å². The molecule has 0 fully saturated rings. The normalized spacial score (nSPS) is 12.6. The molecule has 4 nitrogen and oxygen atoms in total. The van der Waals surface area contributed by atoms with Crippen LogP contribution in [0.25, 0.3) is 0 Å². The zero-order chi connectivity index (χ0) is 18.3. The standard InChI is InChI=1S/C19H38N2O2/c1-14(2)9-10-16(22)20-18(5,6)11-12-19(7,8)21-17(23)13-15(3)4/h14-15H,9-13H2,1-8H3,(H,20,22)(H,21,23). The molecule has 0 rings (SSSR count). The lowest BCUT2D eigenvalue weighted by molar-refractivity contribution is -0.124. The van der Waals surface area contributed by atoms with Gasteiger partial charge in [-0.2, -0.15) is 0 Å². The lowest BCUT2D eigenvalue weighted by Gasteiger charge is -2.33. The minimum atomic E-state index is -0.258. The number of hydrogen-bond donors (Lipinski definition) is 2. The van der Waals surface area contributed by atoms with E-state index in [0.717, 1.165) is 19.3 Å². The Kier molecular flexibility index (Phi) is 8.86. The molecular weight excluding hydrogens is 288 g/mol. The average molecular weight is 327 g/mol. The predicted molar refractivity (Wildman–Crippen MR) is 97.2 cm³/mol. The molecule has 0 aromatic rings. The van der Waals surface area contributed by atoms with Crippen LogP contribution in [-0.4, -0.2) is 22.9 Å². The highest BCUT2D eigenvalue weighted by Gasteiger charge is 2.26. The lowest BCUT2D eigenvalue weighted by atomic mass is 9.89. The molecule has 2 N–H and O–H groups in total. The molecule has 0 aromatic heterocycles. The fourth-order valence-electron chi connectivity index (χ4n) is 2.41. The van der Waals surface area contributed by atoms with Gasteiger partial charge in [-0.1, -0.05) is 27.7 Å². The van der Waals surface area contributed by atoms with Gasteiger partial charge >= 0.3 is 0 Å². The van der Waals surface area contributed by atoms with Crippen molar-refractivity contribution in [3.8, 4) is 0 Å². The molecule has 0 atom stereocenters. The lowest BCUT2D eigenvalue weighted by Crippen LogP contribution is -2.48. The van der Waals surface area contributed by atoms with Crippen molar-refractivity contribution in [2.24, 2.45) is 11.8 Å². The van der Waals surface area contributed by atoms with Crippen LogP contribution in [0, 0.1) is 11.8 Å². The van der Waals surface area contributed by atoms with E-state index in [9.17, 15) is 9.59 Å². The molecular formula is C19H38N2O2. The number of rotatable bonds is 10. The zero-order valence-electron chi connectivity index (χ0n) is 16.5. The van der Waals surface area contributed by atoms with Crippen LogP contribution < -0.4 is 10.6 Å². The van der Waals surface area contributed by atoms with Gasteiger partial charge in [0.1, 0.15) is 0 Å². The van der Waals surface area contributed by atoms with Crippen LogP contribution in [0.5, 0.6) is 0 Å². The van der Waals surface area contributed by atoms with Gasteiger partial charge in [-0.15, -0.1) is 0 Å². The third-order valence-corrected chi connectivity index (χ3v) is 3.87. The molecule has 0 saturated heterocycles. The first-order valence-corrected chi connectivity index (χ1v) is 8.95. The Hall–Kier alpha value is -1.06. The van der Waals surface area contributed by atoms with Crippen LogP contribution in [0.1, 0.15) is 87.5 Å². The van der Waals surface area contributed by atoms with Crippen LogP contribution >= 0.6 is 0 Å². The minimum Gasteiger partial charge on any atom is -0.351 e. The van der Waals surface area contributed by atoms with Gasteiger partial charge in [-0.25, -0.2) is 0 Å². The highest BCUT2D eigenvalue weighted by molar-refractivity contribution is 5.77.